The van der Waals surface area contributed by atoms with Crippen molar-refractivity contribution < 1.29 is 9.53 Å². The maximum absolute atomic E-state index is 13.2. The van der Waals surface area contributed by atoms with Gasteiger partial charge in [0.25, 0.3) is 0 Å². The summed E-state index contributed by atoms with van der Waals surface area (Å²) in [6.07, 6.45) is 4.71. The highest BCUT2D eigenvalue weighted by atomic mass is 16.5. The van der Waals surface area contributed by atoms with Gasteiger partial charge in [-0.25, -0.2) is 0 Å². The summed E-state index contributed by atoms with van der Waals surface area (Å²) in [6, 6.07) is 10.4. The second-order valence-electron chi connectivity index (χ2n) is 7.91. The van der Waals surface area contributed by atoms with Crippen LogP contribution in [0.25, 0.3) is 0 Å². The lowest BCUT2D eigenvalue weighted by molar-refractivity contribution is -0.134. The van der Waals surface area contributed by atoms with E-state index in [1.807, 2.05) is 6.07 Å². The van der Waals surface area contributed by atoms with Crippen molar-refractivity contribution in [1.29, 1.82) is 0 Å². The first-order valence-corrected chi connectivity index (χ1v) is 9.95. The molecule has 1 aromatic rings. The minimum atomic E-state index is 0.0944. The summed E-state index contributed by atoms with van der Waals surface area (Å²) in [5.41, 5.74) is 1.21. The zero-order valence-corrected chi connectivity index (χ0v) is 15.1. The Balaban J connectivity index is 1.32. The molecule has 0 bridgehead atoms. The van der Waals surface area contributed by atoms with Gasteiger partial charge in [0, 0.05) is 32.7 Å². The molecule has 2 heterocycles. The number of likely N-dealkylation sites (tertiary alicyclic amines) is 1. The molecule has 4 rings (SSSR count). The van der Waals surface area contributed by atoms with Gasteiger partial charge in [-0.3, -0.25) is 9.69 Å². The van der Waals surface area contributed by atoms with E-state index in [4.69, 9.17) is 4.74 Å². The fourth-order valence-corrected chi connectivity index (χ4v) is 4.39. The molecule has 0 spiro atoms. The Hall–Kier alpha value is -1.39. The third-order valence-corrected chi connectivity index (χ3v) is 6.06. The predicted molar refractivity (Wildman–Crippen MR) is 98.5 cm³/mol. The number of carbonyl (C=O) groups excluding carboxylic acids is 1. The highest BCUT2D eigenvalue weighted by Crippen LogP contribution is 2.44. The van der Waals surface area contributed by atoms with E-state index in [1.54, 1.807) is 0 Å². The number of ether oxygens (including phenoxy) is 1. The summed E-state index contributed by atoms with van der Waals surface area (Å²) < 4.78 is 5.44. The lowest BCUT2D eigenvalue weighted by Crippen LogP contribution is -2.45. The van der Waals surface area contributed by atoms with E-state index in [0.717, 1.165) is 58.2 Å². The van der Waals surface area contributed by atoms with Crippen LogP contribution in [-0.4, -0.2) is 61.6 Å². The van der Waals surface area contributed by atoms with E-state index in [-0.39, 0.29) is 5.92 Å². The summed E-state index contributed by atoms with van der Waals surface area (Å²) in [4.78, 5) is 17.9. The number of nitrogens with zero attached hydrogens (tertiary/aromatic N) is 2. The van der Waals surface area contributed by atoms with Gasteiger partial charge < -0.3 is 9.64 Å². The van der Waals surface area contributed by atoms with E-state index in [2.05, 4.69) is 34.1 Å². The molecule has 1 aromatic carbocycles. The average molecular weight is 342 g/mol. The molecule has 25 heavy (non-hydrogen) atoms. The van der Waals surface area contributed by atoms with Crippen LogP contribution >= 0.6 is 0 Å². The zero-order valence-electron chi connectivity index (χ0n) is 15.1. The van der Waals surface area contributed by atoms with E-state index >= 15 is 0 Å². The van der Waals surface area contributed by atoms with Crippen molar-refractivity contribution in [2.75, 3.05) is 45.9 Å². The van der Waals surface area contributed by atoms with Gasteiger partial charge in [-0.1, -0.05) is 30.3 Å². The van der Waals surface area contributed by atoms with E-state index < -0.39 is 0 Å². The minimum Gasteiger partial charge on any atom is -0.379 e. The molecule has 2 saturated heterocycles. The van der Waals surface area contributed by atoms with E-state index in [9.17, 15) is 4.79 Å². The average Bonchev–Trinajstić information content (AvgIpc) is 3.49. The van der Waals surface area contributed by atoms with Crippen LogP contribution in [0.4, 0.5) is 0 Å². The Morgan fingerprint density at radius 2 is 1.68 bits per heavy atom. The SMILES string of the molecule is O=C([C@H](c1ccccc1)C1CC1)N1CCC(CN2CCOCC2)CC1. The van der Waals surface area contributed by atoms with Crippen LogP contribution in [-0.2, 0) is 9.53 Å². The summed E-state index contributed by atoms with van der Waals surface area (Å²) in [5, 5.41) is 0. The van der Waals surface area contributed by atoms with Crippen molar-refractivity contribution in [3.05, 3.63) is 35.9 Å². The van der Waals surface area contributed by atoms with Crippen LogP contribution in [0.5, 0.6) is 0 Å². The van der Waals surface area contributed by atoms with E-state index in [0.29, 0.717) is 11.8 Å². The highest BCUT2D eigenvalue weighted by Gasteiger charge is 2.40. The summed E-state index contributed by atoms with van der Waals surface area (Å²) in [5.74, 6) is 1.77. The fourth-order valence-electron chi connectivity index (χ4n) is 4.39. The lowest BCUT2D eigenvalue weighted by Gasteiger charge is -2.37. The van der Waals surface area contributed by atoms with Crippen LogP contribution < -0.4 is 0 Å². The normalized spacial score (nSPS) is 24.2. The number of rotatable bonds is 5. The van der Waals surface area contributed by atoms with Gasteiger partial charge in [-0.2, -0.15) is 0 Å². The molecule has 1 atom stereocenters. The third kappa shape index (κ3) is 4.24. The molecule has 3 aliphatic rings. The molecule has 3 fully saturated rings. The van der Waals surface area contributed by atoms with Crippen LogP contribution in [0, 0.1) is 11.8 Å². The van der Waals surface area contributed by atoms with Crippen LogP contribution in [0.15, 0.2) is 30.3 Å². The molecule has 1 saturated carbocycles. The number of benzene rings is 1. The van der Waals surface area contributed by atoms with E-state index in [1.165, 1.54) is 24.9 Å². The second-order valence-corrected chi connectivity index (χ2v) is 7.91. The number of piperidine rings is 1. The molecule has 0 unspecified atom stereocenters. The Labute approximate surface area is 151 Å². The number of morpholine rings is 1. The Morgan fingerprint density at radius 3 is 2.32 bits per heavy atom. The number of amides is 1. The van der Waals surface area contributed by atoms with Gasteiger partial charge in [0.2, 0.25) is 5.91 Å². The quantitative estimate of drug-likeness (QED) is 0.825. The van der Waals surface area contributed by atoms with Crippen LogP contribution in [0.1, 0.15) is 37.2 Å². The molecule has 136 valence electrons. The lowest BCUT2D eigenvalue weighted by atomic mass is 9.90. The van der Waals surface area contributed by atoms with Crippen molar-refractivity contribution in [2.24, 2.45) is 11.8 Å². The highest BCUT2D eigenvalue weighted by molar-refractivity contribution is 5.84. The molecule has 0 radical (unpaired) electrons. The second kappa shape index (κ2) is 7.88. The Kier molecular flexibility index (Phi) is 5.37. The van der Waals surface area contributed by atoms with Crippen molar-refractivity contribution in [3.63, 3.8) is 0 Å². The fraction of sp³-hybridized carbons (Fsp3) is 0.667. The van der Waals surface area contributed by atoms with Gasteiger partial charge in [-0.15, -0.1) is 0 Å². The minimum absolute atomic E-state index is 0.0944. The monoisotopic (exact) mass is 342 g/mol. The number of hydrogen-bond donors (Lipinski definition) is 0. The first-order chi connectivity index (χ1) is 12.3. The maximum atomic E-state index is 13.2. The van der Waals surface area contributed by atoms with Gasteiger partial charge in [-0.05, 0) is 43.1 Å². The molecular formula is C21H30N2O2. The van der Waals surface area contributed by atoms with Crippen LogP contribution in [0.2, 0.25) is 0 Å². The summed E-state index contributed by atoms with van der Waals surface area (Å²) >= 11 is 0. The predicted octanol–water partition coefficient (Wildman–Crippen LogP) is 2.75. The smallest absolute Gasteiger partial charge is 0.230 e. The molecule has 0 N–H and O–H groups in total. The molecule has 2 aliphatic heterocycles. The largest absolute Gasteiger partial charge is 0.379 e. The van der Waals surface area contributed by atoms with Crippen molar-refractivity contribution >= 4 is 5.91 Å². The molecule has 1 amide bonds. The van der Waals surface area contributed by atoms with Crippen LogP contribution in [0.3, 0.4) is 0 Å². The molecule has 0 aromatic heterocycles. The third-order valence-electron chi connectivity index (χ3n) is 6.06. The van der Waals surface area contributed by atoms with Gasteiger partial charge in [0.05, 0.1) is 19.1 Å². The van der Waals surface area contributed by atoms with Crippen molar-refractivity contribution in [2.45, 2.75) is 31.6 Å². The van der Waals surface area contributed by atoms with Crippen molar-refractivity contribution in [1.82, 2.24) is 9.80 Å². The summed E-state index contributed by atoms with van der Waals surface area (Å²) in [7, 11) is 0. The van der Waals surface area contributed by atoms with Crippen molar-refractivity contribution in [3.8, 4) is 0 Å². The first kappa shape index (κ1) is 17.0. The molecular weight excluding hydrogens is 312 g/mol. The Bertz CT molecular complexity index is 559. The molecule has 4 heteroatoms. The van der Waals surface area contributed by atoms with Gasteiger partial charge in [0.1, 0.15) is 0 Å². The summed E-state index contributed by atoms with van der Waals surface area (Å²) in [6.45, 7) is 6.92. The first-order valence-electron chi connectivity index (χ1n) is 9.95. The molecule has 4 nitrogen and oxygen atoms in total. The zero-order chi connectivity index (χ0) is 17.1. The number of hydrogen-bond acceptors (Lipinski definition) is 3. The topological polar surface area (TPSA) is 32.8 Å². The maximum Gasteiger partial charge on any atom is 0.230 e. The van der Waals surface area contributed by atoms with Gasteiger partial charge in [0.15, 0.2) is 0 Å². The van der Waals surface area contributed by atoms with Gasteiger partial charge >= 0.3 is 0 Å². The Morgan fingerprint density at radius 1 is 1.00 bits per heavy atom. The number of carbonyl (C=O) groups is 1. The molecule has 1 aliphatic carbocycles. The standard InChI is InChI=1S/C21H30N2O2/c24-21(20(19-6-7-19)18-4-2-1-3-5-18)23-10-8-17(9-11-23)16-22-12-14-25-15-13-22/h1-5,17,19-20H,6-16H2/t20-/m1/s1.